The van der Waals surface area contributed by atoms with Gasteiger partial charge in [-0.1, -0.05) is 0 Å². The summed E-state index contributed by atoms with van der Waals surface area (Å²) in [5.74, 6) is -1.45. The average molecular weight is 407 g/mol. The van der Waals surface area contributed by atoms with Gasteiger partial charge < -0.3 is 15.5 Å². The fourth-order valence-corrected chi connectivity index (χ4v) is 3.32. The van der Waals surface area contributed by atoms with Gasteiger partial charge in [-0.3, -0.25) is 14.3 Å². The summed E-state index contributed by atoms with van der Waals surface area (Å²) in [4.78, 5) is 29.3. The predicted octanol–water partition coefficient (Wildman–Crippen LogP) is 3.34. The molecule has 0 aliphatic heterocycles. The normalized spacial score (nSPS) is 11.1. The Labute approximate surface area is 170 Å². The van der Waals surface area contributed by atoms with Crippen molar-refractivity contribution in [2.75, 3.05) is 5.32 Å². The Morgan fingerprint density at radius 2 is 2.00 bits per heavy atom. The van der Waals surface area contributed by atoms with Gasteiger partial charge in [0.1, 0.15) is 11.5 Å². The van der Waals surface area contributed by atoms with Crippen LogP contribution in [-0.2, 0) is 7.05 Å². The van der Waals surface area contributed by atoms with Crippen molar-refractivity contribution in [3.05, 3.63) is 64.8 Å². The molecule has 0 unspecified atom stereocenters. The van der Waals surface area contributed by atoms with Gasteiger partial charge in [0.15, 0.2) is 11.4 Å². The van der Waals surface area contributed by atoms with Crippen LogP contribution >= 0.6 is 0 Å². The molecule has 0 aliphatic rings. The Morgan fingerprint density at radius 1 is 1.23 bits per heavy atom. The molecule has 0 bridgehead atoms. The molecule has 0 fully saturated rings. The number of benzene rings is 1. The number of halogens is 1. The van der Waals surface area contributed by atoms with Crippen LogP contribution < -0.4 is 11.1 Å². The van der Waals surface area contributed by atoms with Crippen LogP contribution in [0.3, 0.4) is 0 Å². The Morgan fingerprint density at radius 3 is 2.67 bits per heavy atom. The van der Waals surface area contributed by atoms with Gasteiger partial charge in [-0.15, -0.1) is 0 Å². The van der Waals surface area contributed by atoms with Crippen molar-refractivity contribution in [2.24, 2.45) is 12.8 Å². The molecule has 4 rings (SSSR count). The molecule has 0 radical (unpaired) electrons. The van der Waals surface area contributed by atoms with Crippen LogP contribution in [0, 0.1) is 19.7 Å². The first-order valence-electron chi connectivity index (χ1n) is 9.05. The maximum Gasteiger partial charge on any atom is 0.256 e. The van der Waals surface area contributed by atoms with E-state index in [2.05, 4.69) is 15.4 Å². The van der Waals surface area contributed by atoms with E-state index >= 15 is 0 Å². The maximum absolute atomic E-state index is 14.2. The molecular formula is C21H18FN5O3. The topological polar surface area (TPSA) is 116 Å². The van der Waals surface area contributed by atoms with Crippen LogP contribution in [0.25, 0.3) is 22.5 Å². The van der Waals surface area contributed by atoms with Crippen molar-refractivity contribution in [3.63, 3.8) is 0 Å². The number of nitrogens with two attached hydrogens (primary N) is 1. The zero-order valence-electron chi connectivity index (χ0n) is 16.5. The number of carbonyl (C=O) groups is 2. The number of hydrogen-bond donors (Lipinski definition) is 2. The molecule has 3 N–H and O–H groups in total. The number of rotatable bonds is 4. The first-order chi connectivity index (χ1) is 14.3. The molecule has 3 aromatic heterocycles. The summed E-state index contributed by atoms with van der Waals surface area (Å²) in [7, 11) is 1.73. The summed E-state index contributed by atoms with van der Waals surface area (Å²) in [6.45, 7) is 3.27. The summed E-state index contributed by atoms with van der Waals surface area (Å²) in [5.41, 5.74) is 7.43. The zero-order chi connectivity index (χ0) is 21.6. The van der Waals surface area contributed by atoms with E-state index in [0.717, 1.165) is 6.07 Å². The van der Waals surface area contributed by atoms with Crippen molar-refractivity contribution >= 4 is 28.5 Å². The quantitative estimate of drug-likeness (QED) is 0.538. The van der Waals surface area contributed by atoms with Gasteiger partial charge in [-0.05, 0) is 44.2 Å². The molecule has 8 nitrogen and oxygen atoms in total. The summed E-state index contributed by atoms with van der Waals surface area (Å²) in [6, 6.07) is 7.43. The van der Waals surface area contributed by atoms with Gasteiger partial charge in [-0.25, -0.2) is 9.37 Å². The second-order valence-electron chi connectivity index (χ2n) is 6.89. The summed E-state index contributed by atoms with van der Waals surface area (Å²) in [6.07, 6.45) is 1.51. The smallest absolute Gasteiger partial charge is 0.256 e. The molecule has 4 aromatic rings. The number of aryl methyl sites for hydroxylation is 2. The van der Waals surface area contributed by atoms with E-state index < -0.39 is 17.6 Å². The van der Waals surface area contributed by atoms with Gasteiger partial charge in [0, 0.05) is 23.9 Å². The fraction of sp³-hybridized carbons (Fsp3) is 0.143. The van der Waals surface area contributed by atoms with Crippen LogP contribution in [0.4, 0.5) is 10.1 Å². The second kappa shape index (κ2) is 7.11. The number of nitrogens with one attached hydrogen (secondary N) is 1. The molecule has 3 heterocycles. The number of pyridine rings is 1. The first kappa shape index (κ1) is 19.3. The highest BCUT2D eigenvalue weighted by molar-refractivity contribution is 6.13. The minimum Gasteiger partial charge on any atom is -0.463 e. The zero-order valence-corrected chi connectivity index (χ0v) is 16.5. The van der Waals surface area contributed by atoms with Crippen molar-refractivity contribution < 1.29 is 18.4 Å². The molecule has 152 valence electrons. The van der Waals surface area contributed by atoms with E-state index in [-0.39, 0.29) is 16.8 Å². The Kier molecular flexibility index (Phi) is 4.57. The van der Waals surface area contributed by atoms with Crippen molar-refractivity contribution in [1.82, 2.24) is 14.8 Å². The largest absolute Gasteiger partial charge is 0.463 e. The maximum atomic E-state index is 14.2. The molecule has 0 saturated heterocycles. The minimum atomic E-state index is -0.793. The van der Waals surface area contributed by atoms with Gasteiger partial charge >= 0.3 is 0 Å². The molecular weight excluding hydrogens is 389 g/mol. The molecule has 0 spiro atoms. The third-order valence-corrected chi connectivity index (χ3v) is 4.86. The van der Waals surface area contributed by atoms with E-state index in [1.54, 1.807) is 36.9 Å². The highest BCUT2D eigenvalue weighted by Gasteiger charge is 2.21. The van der Waals surface area contributed by atoms with Crippen LogP contribution in [0.5, 0.6) is 0 Å². The SMILES string of the molecule is Cc1c(F)cc(C(N)=O)cc1NC(=O)c1cc(-c2ccco2)nc2c1c(C)nn2C. The number of fused-ring (bicyclic) bond motifs is 1. The van der Waals surface area contributed by atoms with E-state index in [0.29, 0.717) is 33.7 Å². The van der Waals surface area contributed by atoms with E-state index in [1.807, 2.05) is 0 Å². The van der Waals surface area contributed by atoms with Crippen LogP contribution in [-0.4, -0.2) is 26.6 Å². The van der Waals surface area contributed by atoms with E-state index in [4.69, 9.17) is 10.2 Å². The molecule has 0 atom stereocenters. The van der Waals surface area contributed by atoms with Crippen LogP contribution in [0.1, 0.15) is 32.0 Å². The van der Waals surface area contributed by atoms with Gasteiger partial charge in [0.25, 0.3) is 5.91 Å². The lowest BCUT2D eigenvalue weighted by atomic mass is 10.1. The lowest BCUT2D eigenvalue weighted by Gasteiger charge is -2.12. The van der Waals surface area contributed by atoms with Crippen molar-refractivity contribution in [1.29, 1.82) is 0 Å². The highest BCUT2D eigenvalue weighted by Crippen LogP contribution is 2.28. The lowest BCUT2D eigenvalue weighted by molar-refractivity contribution is 0.0996. The summed E-state index contributed by atoms with van der Waals surface area (Å²) in [5, 5.41) is 7.60. The summed E-state index contributed by atoms with van der Waals surface area (Å²) >= 11 is 0. The van der Waals surface area contributed by atoms with Crippen LogP contribution in [0.2, 0.25) is 0 Å². The number of furan rings is 1. The number of nitrogens with zero attached hydrogens (tertiary/aromatic N) is 3. The molecule has 30 heavy (non-hydrogen) atoms. The third kappa shape index (κ3) is 3.20. The van der Waals surface area contributed by atoms with Gasteiger partial charge in [-0.2, -0.15) is 5.10 Å². The van der Waals surface area contributed by atoms with Gasteiger partial charge in [0.05, 0.1) is 22.9 Å². The third-order valence-electron chi connectivity index (χ3n) is 4.86. The summed E-state index contributed by atoms with van der Waals surface area (Å²) < 4.78 is 21.2. The predicted molar refractivity (Wildman–Crippen MR) is 109 cm³/mol. The highest BCUT2D eigenvalue weighted by atomic mass is 19.1. The number of hydrogen-bond acceptors (Lipinski definition) is 5. The number of aromatic nitrogens is 3. The molecule has 1 aromatic carbocycles. The monoisotopic (exact) mass is 407 g/mol. The molecule has 9 heteroatoms. The Bertz CT molecular complexity index is 1310. The average Bonchev–Trinajstić information content (AvgIpc) is 3.33. The minimum absolute atomic E-state index is 0.0397. The number of primary amides is 1. The van der Waals surface area contributed by atoms with E-state index in [9.17, 15) is 14.0 Å². The standard InChI is InChI=1S/C21H18FN5O3/c1-10-14(22)7-12(19(23)28)8-15(10)25-21(29)13-9-16(17-5-4-6-30-17)24-20-18(13)11(2)26-27(20)3/h4-9H,1-3H3,(H2,23,28)(H,25,29). The van der Waals surface area contributed by atoms with Gasteiger partial charge in [0.2, 0.25) is 5.91 Å². The second-order valence-corrected chi connectivity index (χ2v) is 6.89. The molecule has 0 aliphatic carbocycles. The van der Waals surface area contributed by atoms with Crippen molar-refractivity contribution in [2.45, 2.75) is 13.8 Å². The number of anilines is 1. The number of carbonyl (C=O) groups excluding carboxylic acids is 2. The molecule has 2 amide bonds. The Balaban J connectivity index is 1.85. The van der Waals surface area contributed by atoms with Crippen molar-refractivity contribution in [3.8, 4) is 11.5 Å². The fourth-order valence-electron chi connectivity index (χ4n) is 3.32. The number of amides is 2. The van der Waals surface area contributed by atoms with Crippen LogP contribution in [0.15, 0.2) is 41.0 Å². The molecule has 0 saturated carbocycles. The Hall–Kier alpha value is -4.01. The lowest BCUT2D eigenvalue weighted by Crippen LogP contribution is -2.17. The van der Waals surface area contributed by atoms with E-state index in [1.165, 1.54) is 19.3 Å². The first-order valence-corrected chi connectivity index (χ1v) is 9.05.